The van der Waals surface area contributed by atoms with Gasteiger partial charge in [0.2, 0.25) is 0 Å². The lowest BCUT2D eigenvalue weighted by Gasteiger charge is -2.15. The zero-order chi connectivity index (χ0) is 13.1. The van der Waals surface area contributed by atoms with E-state index in [1.54, 1.807) is 31.3 Å². The van der Waals surface area contributed by atoms with Crippen molar-refractivity contribution < 1.29 is 14.7 Å². The number of nitrogens with zero attached hydrogens (tertiary/aromatic N) is 2. The van der Waals surface area contributed by atoms with Gasteiger partial charge in [0.05, 0.1) is 12.2 Å². The van der Waals surface area contributed by atoms with Gasteiger partial charge in [-0.1, -0.05) is 0 Å². The van der Waals surface area contributed by atoms with E-state index in [0.29, 0.717) is 5.75 Å². The van der Waals surface area contributed by atoms with Gasteiger partial charge in [0, 0.05) is 18.4 Å². The number of hydrogen-bond donors (Lipinski definition) is 1. The molecule has 6 heteroatoms. The van der Waals surface area contributed by atoms with E-state index in [-0.39, 0.29) is 11.7 Å². The van der Waals surface area contributed by atoms with Crippen molar-refractivity contribution in [3.8, 4) is 5.75 Å². The number of rotatable bonds is 3. The van der Waals surface area contributed by atoms with E-state index in [1.165, 1.54) is 23.9 Å². The van der Waals surface area contributed by atoms with Gasteiger partial charge in [0.25, 0.3) is 5.91 Å². The summed E-state index contributed by atoms with van der Waals surface area (Å²) in [6.07, 6.45) is 0. The molecule has 2 rings (SSSR count). The standard InChI is InChI=1S/C12H14N2O3S/c1-14(17-2)12(16)10-7-18-11(13-10)8-3-5-9(15)6-4-8/h3-6,10,15H,7H2,1-2H3/t10-/m0/s1. The van der Waals surface area contributed by atoms with Crippen molar-refractivity contribution in [1.29, 1.82) is 0 Å². The van der Waals surface area contributed by atoms with E-state index in [0.717, 1.165) is 10.6 Å². The predicted octanol–water partition coefficient (Wildman–Crippen LogP) is 1.27. The Morgan fingerprint density at radius 2 is 2.17 bits per heavy atom. The van der Waals surface area contributed by atoms with Crippen LogP contribution in [0.15, 0.2) is 29.3 Å². The van der Waals surface area contributed by atoms with Crippen LogP contribution in [0.2, 0.25) is 0 Å². The molecule has 0 fully saturated rings. The molecule has 1 aliphatic rings. The van der Waals surface area contributed by atoms with E-state index < -0.39 is 6.04 Å². The van der Waals surface area contributed by atoms with Crippen molar-refractivity contribution >= 4 is 22.7 Å². The Bertz CT molecular complexity index is 473. The second-order valence-corrected chi connectivity index (χ2v) is 4.83. The molecular formula is C12H14N2O3S. The van der Waals surface area contributed by atoms with Gasteiger partial charge >= 0.3 is 0 Å². The van der Waals surface area contributed by atoms with Crippen LogP contribution < -0.4 is 0 Å². The molecule has 5 nitrogen and oxygen atoms in total. The summed E-state index contributed by atoms with van der Waals surface area (Å²) in [7, 11) is 3.02. The van der Waals surface area contributed by atoms with Gasteiger partial charge in [-0.25, -0.2) is 5.06 Å². The van der Waals surface area contributed by atoms with Gasteiger partial charge in [0.15, 0.2) is 0 Å². The Morgan fingerprint density at radius 3 is 2.78 bits per heavy atom. The van der Waals surface area contributed by atoms with Gasteiger partial charge in [0.1, 0.15) is 11.8 Å². The van der Waals surface area contributed by atoms with Crippen LogP contribution in [0.25, 0.3) is 0 Å². The number of aliphatic imine (C=N–C) groups is 1. The molecule has 96 valence electrons. The first kappa shape index (κ1) is 12.9. The second-order valence-electron chi connectivity index (χ2n) is 3.83. The molecule has 0 aliphatic carbocycles. The molecule has 1 N–H and O–H groups in total. The van der Waals surface area contributed by atoms with Crippen LogP contribution in [-0.2, 0) is 9.63 Å². The molecule has 0 spiro atoms. The molecular weight excluding hydrogens is 252 g/mol. The van der Waals surface area contributed by atoms with E-state index in [2.05, 4.69) is 4.99 Å². The number of likely N-dealkylation sites (N-methyl/N-ethyl adjacent to an activating group) is 1. The van der Waals surface area contributed by atoms with Crippen LogP contribution in [-0.4, -0.2) is 47.1 Å². The fourth-order valence-electron chi connectivity index (χ4n) is 1.56. The quantitative estimate of drug-likeness (QED) is 0.837. The first-order chi connectivity index (χ1) is 8.61. The third-order valence-corrected chi connectivity index (χ3v) is 3.73. The molecule has 1 aromatic rings. The third kappa shape index (κ3) is 2.65. The topological polar surface area (TPSA) is 62.1 Å². The predicted molar refractivity (Wildman–Crippen MR) is 70.7 cm³/mol. The summed E-state index contributed by atoms with van der Waals surface area (Å²) in [4.78, 5) is 21.1. The Hall–Kier alpha value is -1.53. The number of carbonyl (C=O) groups excluding carboxylic acids is 1. The minimum absolute atomic E-state index is 0.154. The maximum Gasteiger partial charge on any atom is 0.271 e. The van der Waals surface area contributed by atoms with Gasteiger partial charge in [-0.05, 0) is 24.3 Å². The van der Waals surface area contributed by atoms with Crippen molar-refractivity contribution in [2.75, 3.05) is 19.9 Å². The smallest absolute Gasteiger partial charge is 0.271 e. The van der Waals surface area contributed by atoms with Gasteiger partial charge in [-0.3, -0.25) is 14.6 Å². The normalized spacial score (nSPS) is 18.6. The van der Waals surface area contributed by atoms with Gasteiger partial charge < -0.3 is 5.11 Å². The number of phenols is 1. The molecule has 1 aliphatic heterocycles. The summed E-state index contributed by atoms with van der Waals surface area (Å²) in [5.41, 5.74) is 0.910. The maximum atomic E-state index is 11.8. The lowest BCUT2D eigenvalue weighted by molar-refractivity contribution is -0.169. The highest BCUT2D eigenvalue weighted by atomic mass is 32.2. The number of hydroxylamine groups is 2. The maximum absolute atomic E-state index is 11.8. The molecule has 0 unspecified atom stereocenters. The molecule has 1 amide bonds. The molecule has 0 saturated carbocycles. The summed E-state index contributed by atoms with van der Waals surface area (Å²) in [5.74, 6) is 0.677. The van der Waals surface area contributed by atoms with E-state index in [1.807, 2.05) is 0 Å². The number of phenolic OH excluding ortho intramolecular Hbond substituents is 1. The van der Waals surface area contributed by atoms with Crippen LogP contribution in [0.4, 0.5) is 0 Å². The Labute approximate surface area is 109 Å². The average molecular weight is 266 g/mol. The van der Waals surface area contributed by atoms with Gasteiger partial charge in [-0.15, -0.1) is 11.8 Å². The lowest BCUT2D eigenvalue weighted by atomic mass is 10.2. The number of hydrogen-bond acceptors (Lipinski definition) is 5. The number of thioether (sulfide) groups is 1. The fourth-order valence-corrected chi connectivity index (χ4v) is 2.60. The summed E-state index contributed by atoms with van der Waals surface area (Å²) in [6, 6.07) is 6.38. The molecule has 0 radical (unpaired) electrons. The second kappa shape index (κ2) is 5.41. The number of aromatic hydroxyl groups is 1. The van der Waals surface area contributed by atoms with Crippen molar-refractivity contribution in [3.63, 3.8) is 0 Å². The molecule has 18 heavy (non-hydrogen) atoms. The number of amides is 1. The van der Waals surface area contributed by atoms with E-state index in [4.69, 9.17) is 4.84 Å². The van der Waals surface area contributed by atoms with Crippen LogP contribution in [0.1, 0.15) is 5.56 Å². The number of carbonyl (C=O) groups is 1. The fraction of sp³-hybridized carbons (Fsp3) is 0.333. The van der Waals surface area contributed by atoms with Crippen LogP contribution in [0.3, 0.4) is 0 Å². The summed E-state index contributed by atoms with van der Waals surface area (Å²) in [5, 5.41) is 11.2. The molecule has 0 bridgehead atoms. The highest BCUT2D eigenvalue weighted by Crippen LogP contribution is 2.25. The van der Waals surface area contributed by atoms with Crippen molar-refractivity contribution in [3.05, 3.63) is 29.8 Å². The minimum atomic E-state index is -0.399. The van der Waals surface area contributed by atoms with Crippen LogP contribution in [0.5, 0.6) is 5.75 Å². The molecule has 0 saturated heterocycles. The largest absolute Gasteiger partial charge is 0.508 e. The monoisotopic (exact) mass is 266 g/mol. The average Bonchev–Trinajstić information content (AvgIpc) is 2.87. The first-order valence-corrected chi connectivity index (χ1v) is 6.42. The van der Waals surface area contributed by atoms with E-state index >= 15 is 0 Å². The summed E-state index contributed by atoms with van der Waals surface area (Å²) >= 11 is 1.53. The number of benzene rings is 1. The highest BCUT2D eigenvalue weighted by molar-refractivity contribution is 8.14. The van der Waals surface area contributed by atoms with Crippen molar-refractivity contribution in [2.24, 2.45) is 4.99 Å². The Kier molecular flexibility index (Phi) is 3.88. The van der Waals surface area contributed by atoms with E-state index in [9.17, 15) is 9.90 Å². The molecule has 1 heterocycles. The SMILES string of the molecule is CON(C)C(=O)[C@@H]1CSC(c2ccc(O)cc2)=N1. The van der Waals surface area contributed by atoms with Crippen LogP contribution >= 0.6 is 11.8 Å². The highest BCUT2D eigenvalue weighted by Gasteiger charge is 2.28. The Morgan fingerprint density at radius 1 is 1.50 bits per heavy atom. The van der Waals surface area contributed by atoms with Crippen molar-refractivity contribution in [2.45, 2.75) is 6.04 Å². The van der Waals surface area contributed by atoms with Crippen molar-refractivity contribution in [1.82, 2.24) is 5.06 Å². The van der Waals surface area contributed by atoms with Gasteiger partial charge in [-0.2, -0.15) is 0 Å². The lowest BCUT2D eigenvalue weighted by Crippen LogP contribution is -2.34. The molecule has 1 atom stereocenters. The zero-order valence-electron chi connectivity index (χ0n) is 10.2. The zero-order valence-corrected chi connectivity index (χ0v) is 11.0. The van der Waals surface area contributed by atoms with Crippen LogP contribution in [0, 0.1) is 0 Å². The molecule has 1 aromatic carbocycles. The minimum Gasteiger partial charge on any atom is -0.508 e. The summed E-state index contributed by atoms with van der Waals surface area (Å²) in [6.45, 7) is 0. The molecule has 0 aromatic heterocycles. The Balaban J connectivity index is 2.13. The third-order valence-electron chi connectivity index (χ3n) is 2.63. The summed E-state index contributed by atoms with van der Waals surface area (Å²) < 4.78 is 0. The first-order valence-electron chi connectivity index (χ1n) is 5.43.